The zero-order valence-corrected chi connectivity index (χ0v) is 13.0. The third-order valence-corrected chi connectivity index (χ3v) is 3.70. The fourth-order valence-electron chi connectivity index (χ4n) is 2.55. The van der Waals surface area contributed by atoms with Crippen LogP contribution in [0.1, 0.15) is 45.4 Å². The summed E-state index contributed by atoms with van der Waals surface area (Å²) in [5, 5.41) is 9.11. The molecule has 0 saturated heterocycles. The number of carbonyl (C=O) groups is 1. The lowest BCUT2D eigenvalue weighted by Gasteiger charge is -2.28. The van der Waals surface area contributed by atoms with Crippen molar-refractivity contribution in [2.75, 3.05) is 19.6 Å². The number of aliphatic carboxylic acids is 1. The van der Waals surface area contributed by atoms with E-state index in [0.29, 0.717) is 13.1 Å². The van der Waals surface area contributed by atoms with E-state index in [4.69, 9.17) is 10.8 Å². The number of nitrogens with two attached hydrogens (primary N) is 1. The van der Waals surface area contributed by atoms with Crippen LogP contribution in [0.4, 0.5) is 0 Å². The minimum atomic E-state index is -0.837. The molecule has 0 saturated carbocycles. The molecule has 0 aromatic heterocycles. The van der Waals surface area contributed by atoms with Crippen molar-refractivity contribution in [1.82, 2.24) is 0 Å². The van der Waals surface area contributed by atoms with Gasteiger partial charge in [-0.1, -0.05) is 38.7 Å². The van der Waals surface area contributed by atoms with Crippen LogP contribution in [-0.4, -0.2) is 41.0 Å². The molecule has 118 valence electrons. The molecule has 0 fully saturated rings. The molecule has 0 bridgehead atoms. The van der Waals surface area contributed by atoms with E-state index in [2.05, 4.69) is 18.0 Å². The van der Waals surface area contributed by atoms with Gasteiger partial charge >= 0.3 is 5.97 Å². The van der Waals surface area contributed by atoms with Gasteiger partial charge in [-0.3, -0.25) is 0 Å². The van der Waals surface area contributed by atoms with Crippen molar-refractivity contribution < 1.29 is 14.4 Å². The number of carboxylic acids is 1. The van der Waals surface area contributed by atoms with Gasteiger partial charge in [0, 0.05) is 12.6 Å². The predicted molar refractivity (Wildman–Crippen MR) is 85.8 cm³/mol. The number of rotatable bonds is 11. The highest BCUT2D eigenvalue weighted by Crippen LogP contribution is 2.18. The van der Waals surface area contributed by atoms with Gasteiger partial charge in [-0.2, -0.15) is 4.99 Å². The molecule has 0 aliphatic carbocycles. The van der Waals surface area contributed by atoms with Gasteiger partial charge in [0.25, 0.3) is 0 Å². The summed E-state index contributed by atoms with van der Waals surface area (Å²) in [6, 6.07) is 0. The van der Waals surface area contributed by atoms with E-state index in [0.717, 1.165) is 12.3 Å². The van der Waals surface area contributed by atoms with Crippen LogP contribution in [0.5, 0.6) is 0 Å². The van der Waals surface area contributed by atoms with Gasteiger partial charge in [0.05, 0.1) is 6.20 Å². The lowest BCUT2D eigenvalue weighted by atomic mass is 10.1. The first kappa shape index (κ1) is 17.6. The maximum absolute atomic E-state index is 11.1. The SMILES string of the molecule is CCCCCCC/C=C/C1=NC=C[N+]1(CCN)CC(=O)O. The molecule has 3 N–H and O–H groups in total. The highest BCUT2D eigenvalue weighted by Gasteiger charge is 2.35. The van der Waals surface area contributed by atoms with Gasteiger partial charge in [-0.05, 0) is 12.8 Å². The van der Waals surface area contributed by atoms with Crippen LogP contribution < -0.4 is 5.73 Å². The Labute approximate surface area is 127 Å². The normalized spacial score (nSPS) is 21.1. The molecule has 0 spiro atoms. The lowest BCUT2D eigenvalue weighted by molar-refractivity contribution is -0.775. The molecule has 1 unspecified atom stereocenters. The van der Waals surface area contributed by atoms with Crippen molar-refractivity contribution in [2.45, 2.75) is 45.4 Å². The Kier molecular flexibility index (Phi) is 7.93. The number of quaternary nitrogens is 1. The summed E-state index contributed by atoms with van der Waals surface area (Å²) in [5.41, 5.74) is 5.63. The molecule has 1 heterocycles. The quantitative estimate of drug-likeness (QED) is 0.454. The predicted octanol–water partition coefficient (Wildman–Crippen LogP) is 2.65. The molecule has 1 rings (SSSR count). The lowest BCUT2D eigenvalue weighted by Crippen LogP contribution is -2.51. The molecule has 0 aromatic rings. The largest absolute Gasteiger partial charge is 0.477 e. The molecule has 0 radical (unpaired) electrons. The highest BCUT2D eigenvalue weighted by molar-refractivity contribution is 5.90. The summed E-state index contributed by atoms with van der Waals surface area (Å²) in [6.45, 7) is 3.19. The summed E-state index contributed by atoms with van der Waals surface area (Å²) in [4.78, 5) is 15.4. The number of allylic oxidation sites excluding steroid dienone is 1. The van der Waals surface area contributed by atoms with Crippen LogP contribution in [0.25, 0.3) is 0 Å². The van der Waals surface area contributed by atoms with E-state index in [1.165, 1.54) is 32.1 Å². The Morgan fingerprint density at radius 3 is 2.81 bits per heavy atom. The average molecular weight is 294 g/mol. The second-order valence-corrected chi connectivity index (χ2v) is 5.49. The van der Waals surface area contributed by atoms with Crippen molar-refractivity contribution in [2.24, 2.45) is 10.7 Å². The van der Waals surface area contributed by atoms with Crippen LogP contribution in [-0.2, 0) is 4.79 Å². The molecule has 0 amide bonds. The number of unbranched alkanes of at least 4 members (excludes halogenated alkanes) is 5. The minimum Gasteiger partial charge on any atom is -0.477 e. The molecule has 1 aliphatic heterocycles. The highest BCUT2D eigenvalue weighted by atomic mass is 16.4. The minimum absolute atomic E-state index is 0.00657. The standard InChI is InChI=1S/C16H27N3O2/c1-2-3-4-5-6-7-8-9-15-18-11-13-19(15,12-10-17)14-16(20)21/h8-9,11,13H,2-7,10,12,14,17H2,1H3/p+1/b9-8+. The van der Waals surface area contributed by atoms with Crippen molar-refractivity contribution in [3.8, 4) is 0 Å². The number of carboxylic acid groups (broad SMARTS) is 1. The maximum Gasteiger partial charge on any atom is 0.360 e. The second kappa shape index (κ2) is 9.47. The Morgan fingerprint density at radius 2 is 2.14 bits per heavy atom. The summed E-state index contributed by atoms with van der Waals surface area (Å²) in [7, 11) is 0. The van der Waals surface area contributed by atoms with Gasteiger partial charge in [0.1, 0.15) is 12.7 Å². The van der Waals surface area contributed by atoms with Crippen molar-refractivity contribution in [3.05, 3.63) is 24.6 Å². The summed E-state index contributed by atoms with van der Waals surface area (Å²) >= 11 is 0. The number of hydrogen-bond acceptors (Lipinski definition) is 3. The van der Waals surface area contributed by atoms with Crippen LogP contribution in [0.3, 0.4) is 0 Å². The van der Waals surface area contributed by atoms with E-state index in [9.17, 15) is 4.79 Å². The Balaban J connectivity index is 2.50. The average Bonchev–Trinajstić information content (AvgIpc) is 2.80. The number of amidine groups is 1. The Hall–Kier alpha value is -1.46. The van der Waals surface area contributed by atoms with Gasteiger partial charge in [0.15, 0.2) is 6.54 Å². The molecule has 1 aliphatic rings. The third-order valence-electron chi connectivity index (χ3n) is 3.70. The van der Waals surface area contributed by atoms with E-state index in [-0.39, 0.29) is 11.0 Å². The first-order chi connectivity index (χ1) is 10.1. The van der Waals surface area contributed by atoms with E-state index in [1.54, 1.807) is 6.20 Å². The van der Waals surface area contributed by atoms with Gasteiger partial charge in [-0.25, -0.2) is 9.28 Å². The van der Waals surface area contributed by atoms with Gasteiger partial charge in [0.2, 0.25) is 5.84 Å². The second-order valence-electron chi connectivity index (χ2n) is 5.49. The Bertz CT molecular complexity index is 416. The summed E-state index contributed by atoms with van der Waals surface area (Å²) < 4.78 is 0.220. The van der Waals surface area contributed by atoms with Crippen molar-refractivity contribution in [3.63, 3.8) is 0 Å². The maximum atomic E-state index is 11.1. The molecule has 5 heteroatoms. The first-order valence-electron chi connectivity index (χ1n) is 7.86. The van der Waals surface area contributed by atoms with Crippen LogP contribution >= 0.6 is 0 Å². The molecular formula is C16H28N3O2+. The van der Waals surface area contributed by atoms with Crippen molar-refractivity contribution >= 4 is 11.8 Å². The van der Waals surface area contributed by atoms with E-state index in [1.807, 2.05) is 12.3 Å². The van der Waals surface area contributed by atoms with Crippen LogP contribution in [0, 0.1) is 0 Å². The molecule has 0 aromatic carbocycles. The Morgan fingerprint density at radius 1 is 1.38 bits per heavy atom. The molecule has 5 nitrogen and oxygen atoms in total. The molecule has 1 atom stereocenters. The topological polar surface area (TPSA) is 75.7 Å². The molecular weight excluding hydrogens is 266 g/mol. The van der Waals surface area contributed by atoms with Crippen molar-refractivity contribution in [1.29, 1.82) is 0 Å². The zero-order chi connectivity index (χ0) is 15.6. The number of aliphatic imine (C=N–C) groups is 1. The number of hydrogen-bond donors (Lipinski definition) is 2. The van der Waals surface area contributed by atoms with Crippen LogP contribution in [0.15, 0.2) is 29.5 Å². The zero-order valence-electron chi connectivity index (χ0n) is 13.0. The van der Waals surface area contributed by atoms with E-state index >= 15 is 0 Å². The summed E-state index contributed by atoms with van der Waals surface area (Å²) in [6.07, 6.45) is 14.8. The van der Waals surface area contributed by atoms with Gasteiger partial charge in [-0.15, -0.1) is 0 Å². The third kappa shape index (κ3) is 5.81. The van der Waals surface area contributed by atoms with Crippen LogP contribution in [0.2, 0.25) is 0 Å². The van der Waals surface area contributed by atoms with Gasteiger partial charge < -0.3 is 10.8 Å². The van der Waals surface area contributed by atoms with E-state index < -0.39 is 5.97 Å². The first-order valence-corrected chi connectivity index (χ1v) is 7.86. The fourth-order valence-corrected chi connectivity index (χ4v) is 2.55. The smallest absolute Gasteiger partial charge is 0.360 e. The summed E-state index contributed by atoms with van der Waals surface area (Å²) in [5.74, 6) is -0.0629. The number of nitrogens with zero attached hydrogens (tertiary/aromatic N) is 2. The monoisotopic (exact) mass is 294 g/mol. The fraction of sp³-hybridized carbons (Fsp3) is 0.625. The molecule has 21 heavy (non-hydrogen) atoms.